The molecule has 5 atom stereocenters. The van der Waals surface area contributed by atoms with Crippen LogP contribution in [0.2, 0.25) is 18.1 Å². The summed E-state index contributed by atoms with van der Waals surface area (Å²) in [4.78, 5) is 0. The Bertz CT molecular complexity index is 548. The van der Waals surface area contributed by atoms with E-state index in [0.29, 0.717) is 0 Å². The summed E-state index contributed by atoms with van der Waals surface area (Å²) in [5.74, 6) is 0.470. The van der Waals surface area contributed by atoms with Gasteiger partial charge >= 0.3 is 0 Å². The summed E-state index contributed by atoms with van der Waals surface area (Å²) in [5, 5.41) is 9.85. The Labute approximate surface area is 160 Å². The number of aliphatic hydroxyl groups excluding tert-OH is 1. The van der Waals surface area contributed by atoms with Gasteiger partial charge in [0.2, 0.25) is 0 Å². The van der Waals surface area contributed by atoms with Crippen LogP contribution in [0.4, 0.5) is 0 Å². The fraction of sp³-hybridized carbons (Fsp3) is 0.636. The maximum absolute atomic E-state index is 9.85. The molecular formula is C22H36O3Si. The van der Waals surface area contributed by atoms with Gasteiger partial charge in [-0.1, -0.05) is 77.1 Å². The van der Waals surface area contributed by atoms with Gasteiger partial charge in [-0.3, -0.25) is 0 Å². The third kappa shape index (κ3) is 4.86. The number of hydrogen-bond donors (Lipinski definition) is 1. The van der Waals surface area contributed by atoms with Gasteiger partial charge in [0.1, 0.15) is 0 Å². The predicted molar refractivity (Wildman–Crippen MR) is 112 cm³/mol. The molecule has 1 aliphatic rings. The van der Waals surface area contributed by atoms with Gasteiger partial charge in [-0.15, -0.1) is 0 Å². The molecule has 0 spiro atoms. The van der Waals surface area contributed by atoms with Crippen molar-refractivity contribution in [3.05, 3.63) is 42.0 Å². The van der Waals surface area contributed by atoms with Crippen LogP contribution in [0.5, 0.6) is 0 Å². The third-order valence-corrected chi connectivity index (χ3v) is 10.9. The number of ether oxygens (including phenoxy) is 1. The van der Waals surface area contributed by atoms with E-state index in [1.54, 1.807) is 0 Å². The fourth-order valence-electron chi connectivity index (χ4n) is 4.03. The van der Waals surface area contributed by atoms with Crippen molar-refractivity contribution in [3.63, 3.8) is 0 Å². The second-order valence-corrected chi connectivity index (χ2v) is 12.4. The van der Waals surface area contributed by atoms with Crippen LogP contribution in [0.3, 0.4) is 0 Å². The molecule has 1 fully saturated rings. The van der Waals surface area contributed by atoms with Gasteiger partial charge in [0, 0.05) is 11.8 Å². The average molecular weight is 377 g/mol. The molecular weight excluding hydrogens is 340 g/mol. The Morgan fingerprint density at radius 1 is 1.04 bits per heavy atom. The molecule has 0 aromatic heterocycles. The monoisotopic (exact) mass is 376 g/mol. The van der Waals surface area contributed by atoms with Crippen molar-refractivity contribution in [2.75, 3.05) is 6.61 Å². The highest BCUT2D eigenvalue weighted by Gasteiger charge is 2.44. The molecule has 1 heterocycles. The second-order valence-electron chi connectivity index (χ2n) is 7.64. The first-order valence-corrected chi connectivity index (χ1v) is 12.7. The minimum absolute atomic E-state index is 0.0363. The Hall–Kier alpha value is -0.943. The van der Waals surface area contributed by atoms with Crippen LogP contribution in [0.25, 0.3) is 6.08 Å². The first-order valence-electron chi connectivity index (χ1n) is 10.2. The number of hydrogen-bond acceptors (Lipinski definition) is 3. The minimum Gasteiger partial charge on any atom is -0.413 e. The zero-order valence-electron chi connectivity index (χ0n) is 17.0. The molecule has 3 nitrogen and oxygen atoms in total. The molecule has 146 valence electrons. The molecule has 0 amide bonds. The molecule has 0 bridgehead atoms. The lowest BCUT2D eigenvalue weighted by molar-refractivity contribution is -0.153. The largest absolute Gasteiger partial charge is 0.413 e. The lowest BCUT2D eigenvalue weighted by Gasteiger charge is -2.47. The highest BCUT2D eigenvalue weighted by molar-refractivity contribution is 6.73. The lowest BCUT2D eigenvalue weighted by atomic mass is 9.82. The van der Waals surface area contributed by atoms with Crippen LogP contribution in [0, 0.1) is 11.8 Å². The molecule has 1 N–H and O–H groups in total. The van der Waals surface area contributed by atoms with Crippen molar-refractivity contribution in [2.24, 2.45) is 11.8 Å². The quantitative estimate of drug-likeness (QED) is 0.640. The van der Waals surface area contributed by atoms with Crippen LogP contribution < -0.4 is 0 Å². The van der Waals surface area contributed by atoms with Crippen molar-refractivity contribution in [3.8, 4) is 0 Å². The van der Waals surface area contributed by atoms with Gasteiger partial charge in [0.15, 0.2) is 8.32 Å². The summed E-state index contributed by atoms with van der Waals surface area (Å²) in [6.45, 7) is 11.2. The van der Waals surface area contributed by atoms with Crippen LogP contribution in [-0.4, -0.2) is 38.3 Å². The van der Waals surface area contributed by atoms with Crippen LogP contribution in [0.1, 0.15) is 40.2 Å². The number of aliphatic hydroxyl groups is 1. The molecule has 0 aliphatic carbocycles. The Morgan fingerprint density at radius 2 is 1.65 bits per heavy atom. The van der Waals surface area contributed by atoms with Crippen molar-refractivity contribution in [2.45, 2.75) is 71.1 Å². The van der Waals surface area contributed by atoms with Gasteiger partial charge in [-0.25, -0.2) is 0 Å². The third-order valence-electron chi connectivity index (χ3n) is 6.25. The fourth-order valence-corrected chi connectivity index (χ4v) is 7.04. The molecule has 0 radical (unpaired) electrons. The van der Waals surface area contributed by atoms with E-state index in [1.165, 1.54) is 5.56 Å². The standard InChI is InChI=1S/C22H36O3Si/c1-6-26(7-2,8-3)25-22-17(4)20(24-21(16-23)18(22)5)15-14-19-12-10-9-11-13-19/h9-15,17-18,20-23H,6-8,16H2,1-5H3/b15-14+/t17-,18+,20+,21-,22-/m1/s1. The van der Waals surface area contributed by atoms with Crippen LogP contribution in [0.15, 0.2) is 36.4 Å². The van der Waals surface area contributed by atoms with E-state index in [9.17, 15) is 5.11 Å². The summed E-state index contributed by atoms with van der Waals surface area (Å²) < 4.78 is 13.1. The maximum Gasteiger partial charge on any atom is 0.192 e. The van der Waals surface area contributed by atoms with Crippen LogP contribution >= 0.6 is 0 Å². The van der Waals surface area contributed by atoms with E-state index in [2.05, 4.69) is 58.9 Å². The van der Waals surface area contributed by atoms with E-state index < -0.39 is 8.32 Å². The summed E-state index contributed by atoms with van der Waals surface area (Å²) in [6.07, 6.45) is 4.19. The minimum atomic E-state index is -1.71. The summed E-state index contributed by atoms with van der Waals surface area (Å²) in [6, 6.07) is 13.7. The second kappa shape index (κ2) is 9.84. The van der Waals surface area contributed by atoms with E-state index >= 15 is 0 Å². The molecule has 1 aromatic rings. The lowest BCUT2D eigenvalue weighted by Crippen LogP contribution is -2.54. The smallest absolute Gasteiger partial charge is 0.192 e. The molecule has 0 saturated carbocycles. The Kier molecular flexibility index (Phi) is 8.08. The summed E-state index contributed by atoms with van der Waals surface area (Å²) in [7, 11) is -1.71. The number of rotatable bonds is 8. The zero-order valence-corrected chi connectivity index (χ0v) is 18.0. The van der Waals surface area contributed by atoms with Gasteiger partial charge in [0.05, 0.1) is 24.9 Å². The predicted octanol–water partition coefficient (Wildman–Crippen LogP) is 5.12. The zero-order chi connectivity index (χ0) is 19.2. The molecule has 2 rings (SSSR count). The Morgan fingerprint density at radius 3 is 2.19 bits per heavy atom. The van der Waals surface area contributed by atoms with Crippen molar-refractivity contribution < 1.29 is 14.3 Å². The first-order chi connectivity index (χ1) is 12.5. The summed E-state index contributed by atoms with van der Waals surface area (Å²) in [5.41, 5.74) is 1.17. The van der Waals surface area contributed by atoms with Crippen molar-refractivity contribution >= 4 is 14.4 Å². The van der Waals surface area contributed by atoms with Crippen molar-refractivity contribution in [1.82, 2.24) is 0 Å². The van der Waals surface area contributed by atoms with E-state index in [1.807, 2.05) is 18.2 Å². The maximum atomic E-state index is 9.85. The highest BCUT2D eigenvalue weighted by Crippen LogP contribution is 2.37. The normalized spacial score (nSPS) is 30.0. The van der Waals surface area contributed by atoms with E-state index in [-0.39, 0.29) is 36.8 Å². The SMILES string of the molecule is CC[Si](CC)(CC)O[C@H]1[C@@H](C)[C@@H](CO)O[C@@H](/C=C/c2ccccc2)[C@H]1C. The molecule has 4 heteroatoms. The summed E-state index contributed by atoms with van der Waals surface area (Å²) >= 11 is 0. The van der Waals surface area contributed by atoms with E-state index in [0.717, 1.165) is 18.1 Å². The van der Waals surface area contributed by atoms with Gasteiger partial charge in [-0.2, -0.15) is 0 Å². The topological polar surface area (TPSA) is 38.7 Å². The molecule has 0 unspecified atom stereocenters. The molecule has 1 aromatic carbocycles. The van der Waals surface area contributed by atoms with Gasteiger partial charge in [0.25, 0.3) is 0 Å². The van der Waals surface area contributed by atoms with Crippen molar-refractivity contribution in [1.29, 1.82) is 0 Å². The van der Waals surface area contributed by atoms with Crippen LogP contribution in [-0.2, 0) is 9.16 Å². The van der Waals surface area contributed by atoms with E-state index in [4.69, 9.17) is 9.16 Å². The van der Waals surface area contributed by atoms with Gasteiger partial charge < -0.3 is 14.3 Å². The molecule has 1 aliphatic heterocycles. The van der Waals surface area contributed by atoms with Gasteiger partial charge in [-0.05, 0) is 23.7 Å². The first kappa shape index (κ1) is 21.4. The average Bonchev–Trinajstić information content (AvgIpc) is 2.69. The Balaban J connectivity index is 2.22. The number of benzene rings is 1. The molecule has 26 heavy (non-hydrogen) atoms. The molecule has 1 saturated heterocycles. The highest BCUT2D eigenvalue weighted by atomic mass is 28.4.